The van der Waals surface area contributed by atoms with Crippen molar-refractivity contribution in [3.8, 4) is 5.88 Å². The van der Waals surface area contributed by atoms with E-state index in [2.05, 4.69) is 34.3 Å². The number of rotatable bonds is 3. The molecule has 1 saturated heterocycles. The van der Waals surface area contributed by atoms with E-state index in [1.807, 2.05) is 26.8 Å². The Kier molecular flexibility index (Phi) is 6.13. The number of benzene rings is 1. The molecule has 0 unspecified atom stereocenters. The number of hydrogen-bond acceptors (Lipinski definition) is 4. The molecule has 1 N–H and O–H groups in total. The van der Waals surface area contributed by atoms with Gasteiger partial charge in [-0.2, -0.15) is 0 Å². The lowest BCUT2D eigenvalue weighted by atomic mass is 9.99. The zero-order chi connectivity index (χ0) is 15.9. The molecule has 0 bridgehead atoms. The number of fused-ring (bicyclic) bond motifs is 1. The SMILES string of the molecule is CC.Cc1ccc2nc(C)c(OCC3CCNCC3)nc2c1. The summed E-state index contributed by atoms with van der Waals surface area (Å²) < 4.78 is 5.92. The second-order valence-electron chi connectivity index (χ2n) is 5.61. The van der Waals surface area contributed by atoms with Gasteiger partial charge in [0.25, 0.3) is 0 Å². The van der Waals surface area contributed by atoms with E-state index >= 15 is 0 Å². The van der Waals surface area contributed by atoms with Crippen LogP contribution in [0.25, 0.3) is 11.0 Å². The number of ether oxygens (including phenoxy) is 1. The Morgan fingerprint density at radius 2 is 1.82 bits per heavy atom. The van der Waals surface area contributed by atoms with Crippen LogP contribution in [0, 0.1) is 19.8 Å². The Morgan fingerprint density at radius 3 is 2.55 bits per heavy atom. The van der Waals surface area contributed by atoms with Crippen LogP contribution in [0.15, 0.2) is 18.2 Å². The van der Waals surface area contributed by atoms with Crippen molar-refractivity contribution in [2.24, 2.45) is 5.92 Å². The van der Waals surface area contributed by atoms with E-state index in [0.29, 0.717) is 11.8 Å². The summed E-state index contributed by atoms with van der Waals surface area (Å²) in [4.78, 5) is 9.20. The van der Waals surface area contributed by atoms with E-state index in [9.17, 15) is 0 Å². The molecule has 2 heterocycles. The predicted molar refractivity (Wildman–Crippen MR) is 91.4 cm³/mol. The summed E-state index contributed by atoms with van der Waals surface area (Å²) in [7, 11) is 0. The zero-order valence-electron chi connectivity index (χ0n) is 14.1. The van der Waals surface area contributed by atoms with Crippen LogP contribution >= 0.6 is 0 Å². The highest BCUT2D eigenvalue weighted by Crippen LogP contribution is 2.21. The highest BCUT2D eigenvalue weighted by Gasteiger charge is 2.15. The summed E-state index contributed by atoms with van der Waals surface area (Å²) in [5.74, 6) is 1.31. The van der Waals surface area contributed by atoms with Gasteiger partial charge in [0.05, 0.1) is 17.6 Å². The van der Waals surface area contributed by atoms with Crippen LogP contribution in [0.4, 0.5) is 0 Å². The van der Waals surface area contributed by atoms with E-state index in [-0.39, 0.29) is 0 Å². The minimum atomic E-state index is 0.630. The molecule has 1 aromatic carbocycles. The van der Waals surface area contributed by atoms with Gasteiger partial charge in [-0.3, -0.25) is 0 Å². The van der Waals surface area contributed by atoms with Crippen LogP contribution in [0.3, 0.4) is 0 Å². The molecule has 0 saturated carbocycles. The first-order valence-electron chi connectivity index (χ1n) is 8.31. The molecule has 0 amide bonds. The number of aryl methyl sites for hydroxylation is 2. The Balaban J connectivity index is 0.000000847. The average molecular weight is 301 g/mol. The zero-order valence-corrected chi connectivity index (χ0v) is 14.1. The van der Waals surface area contributed by atoms with Gasteiger partial charge in [-0.25, -0.2) is 9.97 Å². The summed E-state index contributed by atoms with van der Waals surface area (Å²) >= 11 is 0. The maximum absolute atomic E-state index is 5.92. The fourth-order valence-electron chi connectivity index (χ4n) is 2.62. The van der Waals surface area contributed by atoms with Crippen LogP contribution in [0.2, 0.25) is 0 Å². The number of piperidine rings is 1. The molecule has 1 aliphatic rings. The Morgan fingerprint density at radius 1 is 1.09 bits per heavy atom. The van der Waals surface area contributed by atoms with Gasteiger partial charge in [-0.15, -0.1) is 0 Å². The third kappa shape index (κ3) is 4.17. The Bertz CT molecular complexity index is 607. The standard InChI is InChI=1S/C16H21N3O.C2H6/c1-11-3-4-14-15(9-11)19-16(12(2)18-14)20-10-13-5-7-17-8-6-13;1-2/h3-4,9,13,17H,5-8,10H2,1-2H3;1-2H3. The van der Waals surface area contributed by atoms with Crippen molar-refractivity contribution < 1.29 is 4.74 Å². The topological polar surface area (TPSA) is 47.0 Å². The maximum Gasteiger partial charge on any atom is 0.235 e. The molecular formula is C18H27N3O. The normalized spacial score (nSPS) is 15.3. The average Bonchev–Trinajstić information content (AvgIpc) is 2.56. The van der Waals surface area contributed by atoms with E-state index in [4.69, 9.17) is 4.74 Å². The molecule has 0 aliphatic carbocycles. The maximum atomic E-state index is 5.92. The van der Waals surface area contributed by atoms with Gasteiger partial charge >= 0.3 is 0 Å². The predicted octanol–water partition coefficient (Wildman–Crippen LogP) is 3.65. The summed E-state index contributed by atoms with van der Waals surface area (Å²) in [6.45, 7) is 11.0. The molecule has 2 aromatic rings. The summed E-state index contributed by atoms with van der Waals surface area (Å²) in [6, 6.07) is 6.13. The van der Waals surface area contributed by atoms with Gasteiger partial charge in [0.1, 0.15) is 5.69 Å². The summed E-state index contributed by atoms with van der Waals surface area (Å²) in [5.41, 5.74) is 3.91. The highest BCUT2D eigenvalue weighted by atomic mass is 16.5. The van der Waals surface area contributed by atoms with Gasteiger partial charge in [0.15, 0.2) is 0 Å². The lowest BCUT2D eigenvalue weighted by Gasteiger charge is -2.22. The lowest BCUT2D eigenvalue weighted by Crippen LogP contribution is -2.30. The van der Waals surface area contributed by atoms with Crippen molar-refractivity contribution in [3.63, 3.8) is 0 Å². The van der Waals surface area contributed by atoms with Crippen LogP contribution in [-0.2, 0) is 0 Å². The third-order valence-corrected chi connectivity index (χ3v) is 3.87. The monoisotopic (exact) mass is 301 g/mol. The molecule has 120 valence electrons. The molecule has 3 rings (SSSR count). The second kappa shape index (κ2) is 8.08. The highest BCUT2D eigenvalue weighted by molar-refractivity contribution is 5.75. The fraction of sp³-hybridized carbons (Fsp3) is 0.556. The lowest BCUT2D eigenvalue weighted by molar-refractivity contribution is 0.207. The molecular weight excluding hydrogens is 274 g/mol. The van der Waals surface area contributed by atoms with E-state index < -0.39 is 0 Å². The smallest absolute Gasteiger partial charge is 0.235 e. The van der Waals surface area contributed by atoms with Crippen LogP contribution in [0.1, 0.15) is 37.9 Å². The first kappa shape index (κ1) is 16.7. The first-order chi connectivity index (χ1) is 10.7. The quantitative estimate of drug-likeness (QED) is 0.940. The van der Waals surface area contributed by atoms with Gasteiger partial charge in [0, 0.05) is 0 Å². The Labute approximate surface area is 133 Å². The first-order valence-corrected chi connectivity index (χ1v) is 8.31. The number of nitrogens with one attached hydrogen (secondary N) is 1. The van der Waals surface area contributed by atoms with Gasteiger partial charge in [-0.05, 0) is 63.4 Å². The molecule has 0 atom stereocenters. The summed E-state index contributed by atoms with van der Waals surface area (Å²) in [6.07, 6.45) is 2.36. The minimum absolute atomic E-state index is 0.630. The minimum Gasteiger partial charge on any atom is -0.476 e. The van der Waals surface area contributed by atoms with Gasteiger partial charge in [0.2, 0.25) is 5.88 Å². The molecule has 22 heavy (non-hydrogen) atoms. The molecule has 0 spiro atoms. The van der Waals surface area contributed by atoms with Gasteiger partial charge in [-0.1, -0.05) is 19.9 Å². The molecule has 1 aliphatic heterocycles. The third-order valence-electron chi connectivity index (χ3n) is 3.87. The second-order valence-corrected chi connectivity index (χ2v) is 5.61. The van der Waals surface area contributed by atoms with Crippen molar-refractivity contribution in [1.82, 2.24) is 15.3 Å². The van der Waals surface area contributed by atoms with E-state index in [1.54, 1.807) is 0 Å². The van der Waals surface area contributed by atoms with Gasteiger partial charge < -0.3 is 10.1 Å². The number of aromatic nitrogens is 2. The molecule has 1 fully saturated rings. The van der Waals surface area contributed by atoms with E-state index in [1.165, 1.54) is 18.4 Å². The molecule has 4 heteroatoms. The number of nitrogens with zero attached hydrogens (tertiary/aromatic N) is 2. The van der Waals surface area contributed by atoms with Crippen LogP contribution in [0.5, 0.6) is 5.88 Å². The van der Waals surface area contributed by atoms with Crippen molar-refractivity contribution in [2.45, 2.75) is 40.5 Å². The van der Waals surface area contributed by atoms with E-state index in [0.717, 1.165) is 36.4 Å². The van der Waals surface area contributed by atoms with Crippen molar-refractivity contribution in [3.05, 3.63) is 29.5 Å². The van der Waals surface area contributed by atoms with Crippen LogP contribution in [-0.4, -0.2) is 29.7 Å². The van der Waals surface area contributed by atoms with Crippen molar-refractivity contribution >= 4 is 11.0 Å². The molecule has 4 nitrogen and oxygen atoms in total. The summed E-state index contributed by atoms with van der Waals surface area (Å²) in [5, 5.41) is 3.37. The number of hydrogen-bond donors (Lipinski definition) is 1. The van der Waals surface area contributed by atoms with Crippen molar-refractivity contribution in [2.75, 3.05) is 19.7 Å². The Hall–Kier alpha value is -1.68. The van der Waals surface area contributed by atoms with Crippen LogP contribution < -0.4 is 10.1 Å². The molecule has 1 aromatic heterocycles. The largest absolute Gasteiger partial charge is 0.476 e. The molecule has 0 radical (unpaired) electrons. The fourth-order valence-corrected chi connectivity index (χ4v) is 2.62. The van der Waals surface area contributed by atoms with Crippen molar-refractivity contribution in [1.29, 1.82) is 0 Å².